The van der Waals surface area contributed by atoms with Crippen molar-refractivity contribution < 1.29 is 8.78 Å². The van der Waals surface area contributed by atoms with Crippen LogP contribution in [0.3, 0.4) is 0 Å². The number of aromatic nitrogens is 1. The Labute approximate surface area is 142 Å². The predicted octanol–water partition coefficient (Wildman–Crippen LogP) is 4.30. The van der Waals surface area contributed by atoms with Gasteiger partial charge in [-0.15, -0.1) is 11.3 Å². The summed E-state index contributed by atoms with van der Waals surface area (Å²) in [6.45, 7) is 2.49. The molecule has 1 aromatic heterocycles. The van der Waals surface area contributed by atoms with Crippen molar-refractivity contribution in [2.75, 3.05) is 6.54 Å². The maximum Gasteiger partial charge on any atom is 0.206 e. The molecule has 0 bridgehead atoms. The topological polar surface area (TPSA) is 29.6 Å². The van der Waals surface area contributed by atoms with Gasteiger partial charge in [-0.2, -0.15) is 5.10 Å². The maximum atomic E-state index is 14.1. The Balaban J connectivity index is 2.12. The van der Waals surface area contributed by atoms with Crippen LogP contribution in [-0.2, 0) is 0 Å². The van der Waals surface area contributed by atoms with Crippen LogP contribution in [0.1, 0.15) is 12.5 Å². The van der Waals surface area contributed by atoms with Crippen molar-refractivity contribution in [3.05, 3.63) is 75.9 Å². The van der Waals surface area contributed by atoms with Crippen molar-refractivity contribution in [2.24, 2.45) is 10.1 Å². The summed E-state index contributed by atoms with van der Waals surface area (Å²) in [6.07, 6.45) is 1.42. The van der Waals surface area contributed by atoms with E-state index in [9.17, 15) is 8.78 Å². The van der Waals surface area contributed by atoms with Gasteiger partial charge < -0.3 is 0 Å². The van der Waals surface area contributed by atoms with Gasteiger partial charge >= 0.3 is 0 Å². The predicted molar refractivity (Wildman–Crippen MR) is 93.2 cm³/mol. The van der Waals surface area contributed by atoms with E-state index in [1.165, 1.54) is 29.7 Å². The zero-order valence-electron chi connectivity index (χ0n) is 13.0. The molecule has 0 saturated heterocycles. The van der Waals surface area contributed by atoms with Gasteiger partial charge in [-0.1, -0.05) is 30.3 Å². The molecule has 0 N–H and O–H groups in total. The first-order chi connectivity index (χ1) is 11.7. The number of thiazole rings is 1. The van der Waals surface area contributed by atoms with E-state index < -0.39 is 0 Å². The van der Waals surface area contributed by atoms with Crippen LogP contribution >= 0.6 is 11.3 Å². The van der Waals surface area contributed by atoms with E-state index in [1.807, 2.05) is 6.92 Å². The fraction of sp³-hybridized carbons (Fsp3) is 0.111. The lowest BCUT2D eigenvalue weighted by molar-refractivity contribution is 0.625. The van der Waals surface area contributed by atoms with E-state index in [2.05, 4.69) is 10.1 Å². The van der Waals surface area contributed by atoms with Gasteiger partial charge in [0.05, 0.1) is 11.9 Å². The van der Waals surface area contributed by atoms with Gasteiger partial charge in [0.15, 0.2) is 0 Å². The highest BCUT2D eigenvalue weighted by molar-refractivity contribution is 7.07. The quantitative estimate of drug-likeness (QED) is 0.632. The molecule has 0 radical (unpaired) electrons. The van der Waals surface area contributed by atoms with Gasteiger partial charge in [0.25, 0.3) is 0 Å². The smallest absolute Gasteiger partial charge is 0.206 e. The Morgan fingerprint density at radius 1 is 1.04 bits per heavy atom. The van der Waals surface area contributed by atoms with E-state index in [-0.39, 0.29) is 11.6 Å². The summed E-state index contributed by atoms with van der Waals surface area (Å²) in [7, 11) is 0. The second-order valence-electron chi connectivity index (χ2n) is 4.94. The monoisotopic (exact) mass is 343 g/mol. The van der Waals surface area contributed by atoms with Crippen molar-refractivity contribution in [1.29, 1.82) is 0 Å². The minimum absolute atomic E-state index is 0.340. The third-order valence-electron chi connectivity index (χ3n) is 3.35. The molecule has 2 aromatic carbocycles. The summed E-state index contributed by atoms with van der Waals surface area (Å²) in [5.41, 5.74) is 1.37. The average Bonchev–Trinajstić information content (AvgIpc) is 2.97. The van der Waals surface area contributed by atoms with E-state index in [0.29, 0.717) is 28.2 Å². The van der Waals surface area contributed by atoms with Crippen LogP contribution in [0.25, 0.3) is 11.3 Å². The van der Waals surface area contributed by atoms with Crippen LogP contribution in [0, 0.1) is 11.6 Å². The first kappa shape index (κ1) is 16.3. The van der Waals surface area contributed by atoms with Crippen molar-refractivity contribution >= 4 is 17.6 Å². The molecule has 0 amide bonds. The largest absolute Gasteiger partial charge is 0.258 e. The Morgan fingerprint density at radius 2 is 1.75 bits per heavy atom. The van der Waals surface area contributed by atoms with Gasteiger partial charge in [-0.05, 0) is 25.1 Å². The first-order valence-corrected chi connectivity index (χ1v) is 8.33. The zero-order valence-corrected chi connectivity index (χ0v) is 13.8. The molecule has 0 saturated carbocycles. The highest BCUT2D eigenvalue weighted by Crippen LogP contribution is 2.23. The minimum Gasteiger partial charge on any atom is -0.258 e. The molecule has 0 unspecified atom stereocenters. The van der Waals surface area contributed by atoms with Crippen LogP contribution in [0.5, 0.6) is 0 Å². The van der Waals surface area contributed by atoms with E-state index in [1.54, 1.807) is 46.5 Å². The van der Waals surface area contributed by atoms with Crippen LogP contribution < -0.4 is 4.80 Å². The molecule has 3 aromatic rings. The van der Waals surface area contributed by atoms with Crippen molar-refractivity contribution in [3.8, 4) is 11.3 Å². The molecule has 3 rings (SSSR count). The Hall–Kier alpha value is -2.60. The lowest BCUT2D eigenvalue weighted by Crippen LogP contribution is -2.12. The highest BCUT2D eigenvalue weighted by atomic mass is 32.1. The Morgan fingerprint density at radius 3 is 2.46 bits per heavy atom. The summed E-state index contributed by atoms with van der Waals surface area (Å²) in [4.78, 5) is 5.00. The third kappa shape index (κ3) is 3.33. The first-order valence-electron chi connectivity index (χ1n) is 7.45. The summed E-state index contributed by atoms with van der Waals surface area (Å²) in [5, 5.41) is 6.13. The normalized spacial score (nSPS) is 12.2. The number of nitrogens with zero attached hydrogens (tertiary/aromatic N) is 3. The van der Waals surface area contributed by atoms with Gasteiger partial charge in [0.2, 0.25) is 4.80 Å². The average molecular weight is 343 g/mol. The zero-order chi connectivity index (χ0) is 16.9. The second kappa shape index (κ2) is 7.31. The molecule has 122 valence electrons. The number of benzene rings is 2. The lowest BCUT2D eigenvalue weighted by atomic mass is 10.1. The maximum absolute atomic E-state index is 14.1. The molecule has 24 heavy (non-hydrogen) atoms. The molecular formula is C18H15F2N3S. The lowest BCUT2D eigenvalue weighted by Gasteiger charge is -2.04. The second-order valence-corrected chi connectivity index (χ2v) is 5.77. The van der Waals surface area contributed by atoms with E-state index >= 15 is 0 Å². The molecule has 0 spiro atoms. The summed E-state index contributed by atoms with van der Waals surface area (Å²) >= 11 is 1.37. The molecule has 0 aliphatic heterocycles. The van der Waals surface area contributed by atoms with Gasteiger partial charge in [-0.3, -0.25) is 4.99 Å². The van der Waals surface area contributed by atoms with Gasteiger partial charge in [0.1, 0.15) is 11.6 Å². The molecule has 6 heteroatoms. The Bertz CT molecular complexity index is 941. The highest BCUT2D eigenvalue weighted by Gasteiger charge is 2.11. The van der Waals surface area contributed by atoms with Crippen molar-refractivity contribution in [3.63, 3.8) is 0 Å². The van der Waals surface area contributed by atoms with Crippen LogP contribution in [0.15, 0.2) is 64.0 Å². The summed E-state index contributed by atoms with van der Waals surface area (Å²) in [6, 6.07) is 12.8. The molecule has 0 atom stereocenters. The van der Waals surface area contributed by atoms with Crippen molar-refractivity contribution in [2.45, 2.75) is 6.92 Å². The standard InChI is InChI=1S/C18H15F2N3S/c1-2-21-18-23(22-11-13-7-3-5-9-15(13)19)17(12-24-18)14-8-4-6-10-16(14)20/h3-12H,2H2,1H3/b21-18?,22-11-. The van der Waals surface area contributed by atoms with Gasteiger partial charge in [-0.25, -0.2) is 13.5 Å². The Kier molecular flexibility index (Phi) is 4.96. The molecule has 0 fully saturated rings. The fourth-order valence-electron chi connectivity index (χ4n) is 2.21. The van der Waals surface area contributed by atoms with Crippen LogP contribution in [-0.4, -0.2) is 17.4 Å². The van der Waals surface area contributed by atoms with E-state index in [4.69, 9.17) is 0 Å². The molecule has 1 heterocycles. The van der Waals surface area contributed by atoms with Crippen LogP contribution in [0.4, 0.5) is 8.78 Å². The number of rotatable bonds is 4. The van der Waals surface area contributed by atoms with E-state index in [0.717, 1.165) is 0 Å². The SMILES string of the molecule is CCN=c1scc(-c2ccccc2F)n1/N=C\c1ccccc1F. The number of halogens is 2. The third-order valence-corrected chi connectivity index (χ3v) is 4.20. The number of hydrogen-bond acceptors (Lipinski definition) is 3. The summed E-state index contributed by atoms with van der Waals surface area (Å²) in [5.74, 6) is -0.702. The minimum atomic E-state index is -0.362. The van der Waals surface area contributed by atoms with Gasteiger partial charge in [0, 0.05) is 23.1 Å². The summed E-state index contributed by atoms with van der Waals surface area (Å²) < 4.78 is 29.4. The molecule has 0 aliphatic rings. The molecule has 3 nitrogen and oxygen atoms in total. The van der Waals surface area contributed by atoms with Crippen LogP contribution in [0.2, 0.25) is 0 Å². The van der Waals surface area contributed by atoms with Crippen molar-refractivity contribution in [1.82, 2.24) is 4.68 Å². The molecular weight excluding hydrogens is 328 g/mol. The number of hydrogen-bond donors (Lipinski definition) is 0. The molecule has 0 aliphatic carbocycles. The fourth-order valence-corrected chi connectivity index (χ4v) is 3.10.